The molecule has 1 amide bonds. The molecule has 7 heteroatoms. The normalized spacial score (nSPS) is 19.0. The smallest absolute Gasteiger partial charge is 0.265 e. The summed E-state index contributed by atoms with van der Waals surface area (Å²) in [6, 6.07) is 13.9. The Hall–Kier alpha value is -2.80. The Balaban J connectivity index is 1.37. The maximum absolute atomic E-state index is 13.1. The highest BCUT2D eigenvalue weighted by molar-refractivity contribution is 7.13. The molecule has 5 rings (SSSR count). The fourth-order valence-electron chi connectivity index (χ4n) is 4.02. The van der Waals surface area contributed by atoms with Gasteiger partial charge in [0.15, 0.2) is 11.9 Å². The zero-order valence-corrected chi connectivity index (χ0v) is 16.9. The number of aromatic nitrogens is 1. The number of amides is 1. The van der Waals surface area contributed by atoms with Crippen molar-refractivity contribution in [2.45, 2.75) is 31.9 Å². The molecule has 6 nitrogen and oxygen atoms in total. The lowest BCUT2D eigenvalue weighted by molar-refractivity contribution is -0.139. The summed E-state index contributed by atoms with van der Waals surface area (Å²) in [5, 5.41) is 6.27. The molecule has 2 aliphatic rings. The molecule has 2 aromatic heterocycles. The highest BCUT2D eigenvalue weighted by Gasteiger charge is 2.34. The van der Waals surface area contributed by atoms with Crippen molar-refractivity contribution in [3.63, 3.8) is 0 Å². The van der Waals surface area contributed by atoms with E-state index in [2.05, 4.69) is 10.1 Å². The number of ether oxygens (including phenoxy) is 1. The van der Waals surface area contributed by atoms with Crippen molar-refractivity contribution in [3.8, 4) is 16.4 Å². The van der Waals surface area contributed by atoms with E-state index in [0.717, 1.165) is 53.7 Å². The van der Waals surface area contributed by atoms with Gasteiger partial charge in [0.2, 0.25) is 0 Å². The molecule has 0 spiro atoms. The molecule has 0 radical (unpaired) electrons. The van der Waals surface area contributed by atoms with Gasteiger partial charge in [0.05, 0.1) is 23.7 Å². The lowest BCUT2D eigenvalue weighted by atomic mass is 10.1. The third kappa shape index (κ3) is 3.74. The van der Waals surface area contributed by atoms with Gasteiger partial charge in [-0.3, -0.25) is 4.79 Å². The molecule has 0 N–H and O–H groups in total. The van der Waals surface area contributed by atoms with Gasteiger partial charge < -0.3 is 19.1 Å². The molecule has 1 atom stereocenters. The molecule has 4 heterocycles. The number of para-hydroxylation sites is 2. The number of fused-ring (bicyclic) bond motifs is 1. The quantitative estimate of drug-likeness (QED) is 0.647. The zero-order chi connectivity index (χ0) is 19.6. The predicted molar refractivity (Wildman–Crippen MR) is 112 cm³/mol. The maximum Gasteiger partial charge on any atom is 0.265 e. The lowest BCUT2D eigenvalue weighted by Gasteiger charge is -2.38. The molecule has 0 saturated carbocycles. The van der Waals surface area contributed by atoms with Gasteiger partial charge in [0.25, 0.3) is 5.91 Å². The second kappa shape index (κ2) is 7.91. The van der Waals surface area contributed by atoms with Gasteiger partial charge in [-0.15, -0.1) is 11.3 Å². The standard InChI is InChI=1S/C22H23N3O3S/c26-22(24-10-4-1-5-11-24)20-15-25(17-7-2-3-8-18(17)27-20)14-16-13-19(28-23-16)21-9-6-12-29-21/h2-3,6-9,12-13,20H,1,4-5,10-11,14-15H2. The van der Waals surface area contributed by atoms with E-state index in [9.17, 15) is 4.79 Å². The highest BCUT2D eigenvalue weighted by Crippen LogP contribution is 2.35. The number of likely N-dealkylation sites (tertiary alicyclic amines) is 1. The zero-order valence-electron chi connectivity index (χ0n) is 16.1. The van der Waals surface area contributed by atoms with Crippen LogP contribution in [0.5, 0.6) is 5.75 Å². The van der Waals surface area contributed by atoms with Crippen LogP contribution in [-0.4, -0.2) is 41.7 Å². The first-order chi connectivity index (χ1) is 14.3. The molecular formula is C22H23N3O3S. The summed E-state index contributed by atoms with van der Waals surface area (Å²) < 4.78 is 11.6. The molecule has 2 aliphatic heterocycles. The van der Waals surface area contributed by atoms with Crippen LogP contribution in [0.4, 0.5) is 5.69 Å². The lowest BCUT2D eigenvalue weighted by Crippen LogP contribution is -2.51. The van der Waals surface area contributed by atoms with Crippen LogP contribution in [0.1, 0.15) is 25.0 Å². The van der Waals surface area contributed by atoms with Gasteiger partial charge in [-0.25, -0.2) is 0 Å². The van der Waals surface area contributed by atoms with Crippen LogP contribution in [0.15, 0.2) is 52.4 Å². The second-order valence-electron chi connectivity index (χ2n) is 7.50. The number of benzene rings is 1. The second-order valence-corrected chi connectivity index (χ2v) is 8.45. The van der Waals surface area contributed by atoms with E-state index in [1.165, 1.54) is 6.42 Å². The molecule has 150 valence electrons. The van der Waals surface area contributed by atoms with E-state index in [0.29, 0.717) is 13.1 Å². The molecule has 0 aliphatic carbocycles. The third-order valence-corrected chi connectivity index (χ3v) is 6.36. The minimum absolute atomic E-state index is 0.0867. The highest BCUT2D eigenvalue weighted by atomic mass is 32.1. The van der Waals surface area contributed by atoms with E-state index in [1.54, 1.807) is 11.3 Å². The molecule has 1 aromatic carbocycles. The summed E-state index contributed by atoms with van der Waals surface area (Å²) in [6.45, 7) is 2.73. The minimum atomic E-state index is -0.494. The number of carbonyl (C=O) groups is 1. The van der Waals surface area contributed by atoms with Crippen LogP contribution >= 0.6 is 11.3 Å². The first kappa shape index (κ1) is 18.2. The van der Waals surface area contributed by atoms with Crippen molar-refractivity contribution >= 4 is 22.9 Å². The minimum Gasteiger partial charge on any atom is -0.477 e. The van der Waals surface area contributed by atoms with Gasteiger partial charge in [-0.1, -0.05) is 23.4 Å². The van der Waals surface area contributed by atoms with E-state index < -0.39 is 6.10 Å². The largest absolute Gasteiger partial charge is 0.477 e. The molecule has 29 heavy (non-hydrogen) atoms. The van der Waals surface area contributed by atoms with Crippen molar-refractivity contribution in [2.75, 3.05) is 24.5 Å². The van der Waals surface area contributed by atoms with Gasteiger partial charge >= 0.3 is 0 Å². The van der Waals surface area contributed by atoms with Gasteiger partial charge in [-0.05, 0) is 42.8 Å². The van der Waals surface area contributed by atoms with Crippen molar-refractivity contribution in [1.82, 2.24) is 10.1 Å². The van der Waals surface area contributed by atoms with Gasteiger partial charge in [0.1, 0.15) is 11.4 Å². The van der Waals surface area contributed by atoms with Crippen LogP contribution < -0.4 is 9.64 Å². The van der Waals surface area contributed by atoms with Crippen LogP contribution in [0.3, 0.4) is 0 Å². The Morgan fingerprint density at radius 3 is 2.83 bits per heavy atom. The third-order valence-electron chi connectivity index (χ3n) is 5.48. The number of anilines is 1. The topological polar surface area (TPSA) is 58.8 Å². The number of carbonyl (C=O) groups excluding carboxylic acids is 1. The molecule has 0 bridgehead atoms. The number of thiophene rings is 1. The number of nitrogens with zero attached hydrogens (tertiary/aromatic N) is 3. The molecule has 1 saturated heterocycles. The molecule has 3 aromatic rings. The SMILES string of the molecule is O=C(C1CN(Cc2cc(-c3cccs3)on2)c2ccccc2O1)N1CCCCC1. The van der Waals surface area contributed by atoms with E-state index in [4.69, 9.17) is 9.26 Å². The molecular weight excluding hydrogens is 386 g/mol. The van der Waals surface area contributed by atoms with Crippen molar-refractivity contribution in [1.29, 1.82) is 0 Å². The Morgan fingerprint density at radius 1 is 1.14 bits per heavy atom. The maximum atomic E-state index is 13.1. The average molecular weight is 410 g/mol. The summed E-state index contributed by atoms with van der Waals surface area (Å²) in [6.07, 6.45) is 2.85. The van der Waals surface area contributed by atoms with Gasteiger partial charge in [0, 0.05) is 19.2 Å². The molecule has 1 fully saturated rings. The van der Waals surface area contributed by atoms with E-state index in [1.807, 2.05) is 52.7 Å². The van der Waals surface area contributed by atoms with E-state index >= 15 is 0 Å². The fraction of sp³-hybridized carbons (Fsp3) is 0.364. The van der Waals surface area contributed by atoms with E-state index in [-0.39, 0.29) is 5.91 Å². The Bertz CT molecular complexity index is 979. The number of piperidine rings is 1. The fourth-order valence-corrected chi connectivity index (χ4v) is 4.69. The van der Waals surface area contributed by atoms with Crippen molar-refractivity contribution in [3.05, 3.63) is 53.5 Å². The first-order valence-corrected chi connectivity index (χ1v) is 10.9. The predicted octanol–water partition coefficient (Wildman–Crippen LogP) is 4.18. The Labute approximate surface area is 173 Å². The Morgan fingerprint density at radius 2 is 2.00 bits per heavy atom. The van der Waals surface area contributed by atoms with Crippen LogP contribution in [0, 0.1) is 0 Å². The summed E-state index contributed by atoms with van der Waals surface area (Å²) in [5.41, 5.74) is 1.82. The monoisotopic (exact) mass is 409 g/mol. The average Bonchev–Trinajstić information content (AvgIpc) is 3.46. The Kier molecular flexibility index (Phi) is 4.97. The number of hydrogen-bond acceptors (Lipinski definition) is 6. The van der Waals surface area contributed by atoms with Crippen molar-refractivity contribution in [2.24, 2.45) is 0 Å². The van der Waals surface area contributed by atoms with Crippen LogP contribution in [0.2, 0.25) is 0 Å². The van der Waals surface area contributed by atoms with Crippen molar-refractivity contribution < 1.29 is 14.1 Å². The molecule has 1 unspecified atom stereocenters. The summed E-state index contributed by atoms with van der Waals surface area (Å²) in [4.78, 5) is 18.2. The summed E-state index contributed by atoms with van der Waals surface area (Å²) in [5.74, 6) is 1.61. The summed E-state index contributed by atoms with van der Waals surface area (Å²) in [7, 11) is 0. The number of rotatable bonds is 4. The van der Waals surface area contributed by atoms with Crippen LogP contribution in [-0.2, 0) is 11.3 Å². The number of hydrogen-bond donors (Lipinski definition) is 0. The first-order valence-electron chi connectivity index (χ1n) is 10.1. The van der Waals surface area contributed by atoms with Crippen LogP contribution in [0.25, 0.3) is 10.6 Å². The summed E-state index contributed by atoms with van der Waals surface area (Å²) >= 11 is 1.63. The van der Waals surface area contributed by atoms with Gasteiger partial charge in [-0.2, -0.15) is 0 Å².